The van der Waals surface area contributed by atoms with Gasteiger partial charge in [0.1, 0.15) is 11.4 Å². The van der Waals surface area contributed by atoms with Crippen molar-refractivity contribution in [2.75, 3.05) is 0 Å². The number of nitrogens with zero attached hydrogens (tertiary/aromatic N) is 3. The summed E-state index contributed by atoms with van der Waals surface area (Å²) >= 11 is 5.94. The summed E-state index contributed by atoms with van der Waals surface area (Å²) in [6.07, 6.45) is 0. The fourth-order valence-corrected chi connectivity index (χ4v) is 2.13. The molecule has 3 aromatic rings. The highest BCUT2D eigenvalue weighted by atomic mass is 35.5. The van der Waals surface area contributed by atoms with Gasteiger partial charge >= 0.3 is 0 Å². The average Bonchev–Trinajstić information content (AvgIpc) is 2.82. The lowest BCUT2D eigenvalue weighted by molar-refractivity contribution is 0.822. The molecule has 0 saturated heterocycles. The summed E-state index contributed by atoms with van der Waals surface area (Å²) in [6.45, 7) is 0. The number of para-hydroxylation sites is 1. The monoisotopic (exact) mass is 271 g/mol. The maximum atomic E-state index is 7.64. The Kier molecular flexibility index (Phi) is 2.68. The zero-order valence-corrected chi connectivity index (χ0v) is 10.6. The molecular formula is C13H10ClN5. The van der Waals surface area contributed by atoms with Gasteiger partial charge in [-0.15, -0.1) is 5.10 Å². The Balaban J connectivity index is 2.30. The first-order valence-corrected chi connectivity index (χ1v) is 5.99. The highest BCUT2D eigenvalue weighted by molar-refractivity contribution is 6.31. The van der Waals surface area contributed by atoms with E-state index in [2.05, 4.69) is 10.3 Å². The van der Waals surface area contributed by atoms with Crippen LogP contribution >= 0.6 is 11.6 Å². The quantitative estimate of drug-likeness (QED) is 0.554. The van der Waals surface area contributed by atoms with Crippen LogP contribution in [0.15, 0.2) is 42.5 Å². The molecule has 0 spiro atoms. The van der Waals surface area contributed by atoms with Crippen molar-refractivity contribution >= 4 is 28.5 Å². The number of nitrogens with one attached hydrogen (secondary N) is 1. The lowest BCUT2D eigenvalue weighted by atomic mass is 10.1. The molecule has 94 valence electrons. The zero-order valence-electron chi connectivity index (χ0n) is 9.84. The van der Waals surface area contributed by atoms with Crippen molar-refractivity contribution in [1.29, 1.82) is 5.41 Å². The first kappa shape index (κ1) is 11.7. The fourth-order valence-electron chi connectivity index (χ4n) is 1.96. The van der Waals surface area contributed by atoms with Crippen LogP contribution in [0.25, 0.3) is 16.7 Å². The molecule has 0 aliphatic heterocycles. The van der Waals surface area contributed by atoms with E-state index in [1.54, 1.807) is 22.9 Å². The molecule has 2 aromatic carbocycles. The lowest BCUT2D eigenvalue weighted by Gasteiger charge is -2.09. The van der Waals surface area contributed by atoms with Gasteiger partial charge in [0.2, 0.25) is 0 Å². The van der Waals surface area contributed by atoms with Gasteiger partial charge < -0.3 is 5.73 Å². The van der Waals surface area contributed by atoms with E-state index in [9.17, 15) is 0 Å². The van der Waals surface area contributed by atoms with Gasteiger partial charge in [-0.05, 0) is 30.3 Å². The highest BCUT2D eigenvalue weighted by Gasteiger charge is 2.12. The number of fused-ring (bicyclic) bond motifs is 1. The number of aromatic nitrogens is 3. The fraction of sp³-hybridized carbons (Fsp3) is 0. The molecule has 3 N–H and O–H groups in total. The summed E-state index contributed by atoms with van der Waals surface area (Å²) in [5.74, 6) is -0.0583. The summed E-state index contributed by atoms with van der Waals surface area (Å²) < 4.78 is 1.66. The molecule has 3 rings (SSSR count). The molecule has 6 heteroatoms. The summed E-state index contributed by atoms with van der Waals surface area (Å²) in [6, 6.07) is 12.8. The van der Waals surface area contributed by atoms with Crippen molar-refractivity contribution in [2.45, 2.75) is 0 Å². The smallest absolute Gasteiger partial charge is 0.125 e. The third kappa shape index (κ3) is 1.94. The molecule has 0 radical (unpaired) electrons. The van der Waals surface area contributed by atoms with E-state index >= 15 is 0 Å². The molecule has 19 heavy (non-hydrogen) atoms. The minimum Gasteiger partial charge on any atom is -0.384 e. The first-order valence-electron chi connectivity index (χ1n) is 5.61. The Bertz CT molecular complexity index is 778. The van der Waals surface area contributed by atoms with E-state index in [-0.39, 0.29) is 5.84 Å². The Morgan fingerprint density at radius 1 is 1.21 bits per heavy atom. The van der Waals surface area contributed by atoms with Gasteiger partial charge in [0.15, 0.2) is 0 Å². The minimum absolute atomic E-state index is 0.0583. The van der Waals surface area contributed by atoms with Crippen LogP contribution < -0.4 is 5.73 Å². The number of hydrogen-bond acceptors (Lipinski definition) is 3. The molecule has 0 saturated carbocycles. The summed E-state index contributed by atoms with van der Waals surface area (Å²) in [7, 11) is 0. The van der Waals surface area contributed by atoms with Gasteiger partial charge in [0.05, 0.1) is 11.2 Å². The van der Waals surface area contributed by atoms with E-state index in [1.807, 2.05) is 24.3 Å². The largest absolute Gasteiger partial charge is 0.384 e. The van der Waals surface area contributed by atoms with Crippen LogP contribution in [0, 0.1) is 5.41 Å². The SMILES string of the molecule is N=C(N)c1cc(Cl)ccc1-n1nnc2ccccc21. The number of nitrogens with two attached hydrogens (primary N) is 1. The van der Waals surface area contributed by atoms with Crippen LogP contribution in [-0.4, -0.2) is 20.8 Å². The predicted octanol–water partition coefficient (Wildman–Crippen LogP) is 2.36. The number of benzene rings is 2. The predicted molar refractivity (Wildman–Crippen MR) is 74.9 cm³/mol. The molecule has 1 heterocycles. The van der Waals surface area contributed by atoms with Crippen molar-refractivity contribution < 1.29 is 0 Å². The van der Waals surface area contributed by atoms with Crippen molar-refractivity contribution in [1.82, 2.24) is 15.0 Å². The molecule has 5 nitrogen and oxygen atoms in total. The molecular weight excluding hydrogens is 262 g/mol. The second-order valence-electron chi connectivity index (χ2n) is 4.07. The van der Waals surface area contributed by atoms with E-state index in [1.165, 1.54) is 0 Å². The maximum absolute atomic E-state index is 7.64. The van der Waals surface area contributed by atoms with E-state index in [0.717, 1.165) is 11.0 Å². The van der Waals surface area contributed by atoms with E-state index < -0.39 is 0 Å². The van der Waals surface area contributed by atoms with Gasteiger partial charge in [0.25, 0.3) is 0 Å². The van der Waals surface area contributed by atoms with Gasteiger partial charge in [-0.1, -0.05) is 28.9 Å². The second-order valence-corrected chi connectivity index (χ2v) is 4.50. The third-order valence-electron chi connectivity index (χ3n) is 2.83. The number of rotatable bonds is 2. The highest BCUT2D eigenvalue weighted by Crippen LogP contribution is 2.22. The molecule has 0 aliphatic carbocycles. The van der Waals surface area contributed by atoms with Crippen molar-refractivity contribution in [3.05, 3.63) is 53.1 Å². The minimum atomic E-state index is -0.0583. The summed E-state index contributed by atoms with van der Waals surface area (Å²) in [5.41, 5.74) is 8.45. The first-order chi connectivity index (χ1) is 9.16. The second kappa shape index (κ2) is 4.37. The van der Waals surface area contributed by atoms with E-state index in [4.69, 9.17) is 22.7 Å². The number of hydrogen-bond donors (Lipinski definition) is 2. The van der Waals surface area contributed by atoms with Crippen molar-refractivity contribution in [3.8, 4) is 5.69 Å². The zero-order chi connectivity index (χ0) is 13.4. The molecule has 0 bridgehead atoms. The Morgan fingerprint density at radius 3 is 2.79 bits per heavy atom. The van der Waals surface area contributed by atoms with Gasteiger partial charge in [-0.2, -0.15) is 0 Å². The van der Waals surface area contributed by atoms with Crippen LogP contribution in [-0.2, 0) is 0 Å². The van der Waals surface area contributed by atoms with E-state index in [0.29, 0.717) is 16.3 Å². The molecule has 0 fully saturated rings. The maximum Gasteiger partial charge on any atom is 0.125 e. The molecule has 0 amide bonds. The lowest BCUT2D eigenvalue weighted by Crippen LogP contribution is -2.15. The number of halogens is 1. The van der Waals surface area contributed by atoms with Crippen LogP contribution in [0.4, 0.5) is 0 Å². The molecule has 0 unspecified atom stereocenters. The Hall–Kier alpha value is -2.40. The average molecular weight is 272 g/mol. The molecule has 1 aromatic heterocycles. The Labute approximate surface area is 114 Å². The normalized spacial score (nSPS) is 10.8. The standard InChI is InChI=1S/C13H10ClN5/c14-8-5-6-11(9(7-8)13(15)16)19-12-4-2-1-3-10(12)17-18-19/h1-7H,(H3,15,16). The summed E-state index contributed by atoms with van der Waals surface area (Å²) in [4.78, 5) is 0. The number of amidine groups is 1. The van der Waals surface area contributed by atoms with Gasteiger partial charge in [-0.25, -0.2) is 4.68 Å². The van der Waals surface area contributed by atoms with Crippen LogP contribution in [0.3, 0.4) is 0 Å². The molecule has 0 aliphatic rings. The van der Waals surface area contributed by atoms with Crippen LogP contribution in [0.2, 0.25) is 5.02 Å². The van der Waals surface area contributed by atoms with Crippen molar-refractivity contribution in [2.24, 2.45) is 5.73 Å². The topological polar surface area (TPSA) is 80.6 Å². The Morgan fingerprint density at radius 2 is 2.00 bits per heavy atom. The van der Waals surface area contributed by atoms with Gasteiger partial charge in [0, 0.05) is 10.6 Å². The van der Waals surface area contributed by atoms with Crippen molar-refractivity contribution in [3.63, 3.8) is 0 Å². The number of nitrogen functional groups attached to an aromatic ring is 1. The van der Waals surface area contributed by atoms with Crippen LogP contribution in [0.5, 0.6) is 0 Å². The molecule has 0 atom stereocenters. The third-order valence-corrected chi connectivity index (χ3v) is 3.06. The van der Waals surface area contributed by atoms with Crippen LogP contribution in [0.1, 0.15) is 5.56 Å². The van der Waals surface area contributed by atoms with Gasteiger partial charge in [-0.3, -0.25) is 5.41 Å². The summed E-state index contributed by atoms with van der Waals surface area (Å²) in [5, 5.41) is 16.4.